The first-order valence-corrected chi connectivity index (χ1v) is 3.77. The van der Waals surface area contributed by atoms with Crippen LogP contribution in [-0.4, -0.2) is 12.4 Å². The normalized spacial score (nSPS) is 8.77. The predicted molar refractivity (Wildman–Crippen MR) is 47.3 cm³/mol. The fraction of sp³-hybridized carbons (Fsp3) is 0.200. The van der Waals surface area contributed by atoms with Gasteiger partial charge < -0.3 is 11.7 Å². The molecule has 67 valence electrons. The van der Waals surface area contributed by atoms with Gasteiger partial charge in [-0.1, -0.05) is 0 Å². The first-order valence-electron chi connectivity index (χ1n) is 3.77. The molecule has 0 saturated carbocycles. The molecule has 0 spiro atoms. The Labute approximate surface area is 104 Å². The van der Waals surface area contributed by atoms with Crippen molar-refractivity contribution in [3.63, 3.8) is 0 Å². The van der Waals surface area contributed by atoms with Gasteiger partial charge in [-0.15, -0.1) is 0 Å². The van der Waals surface area contributed by atoms with Crippen molar-refractivity contribution in [2.45, 2.75) is 6.92 Å². The third kappa shape index (κ3) is 4.01. The summed E-state index contributed by atoms with van der Waals surface area (Å²) in [6.07, 6.45) is 0. The van der Waals surface area contributed by atoms with Crippen molar-refractivity contribution < 1.29 is 42.2 Å². The fourth-order valence-electron chi connectivity index (χ4n) is 0.904. The van der Waals surface area contributed by atoms with E-state index in [0.717, 1.165) is 5.75 Å². The van der Waals surface area contributed by atoms with Gasteiger partial charge in [0.05, 0.1) is 0 Å². The number of carbonyl (C=O) groups excluding carboxylic acids is 1. The molecule has 0 N–H and O–H groups in total. The molecule has 0 fully saturated rings. The van der Waals surface area contributed by atoms with Crippen molar-refractivity contribution in [3.8, 4) is 5.75 Å². The number of benzene rings is 1. The summed E-state index contributed by atoms with van der Waals surface area (Å²) < 4.78 is 5.12. The SMILES string of the molecule is [CH2-]COc1ccc(C(C)=O)cc1.[Y]. The number of carbonyl (C=O) groups is 1. The molecular formula is C10H11O2Y-. The minimum absolute atomic E-state index is 0. The van der Waals surface area contributed by atoms with Crippen LogP contribution in [0.25, 0.3) is 0 Å². The van der Waals surface area contributed by atoms with Crippen molar-refractivity contribution in [3.05, 3.63) is 36.8 Å². The molecule has 0 aliphatic rings. The van der Waals surface area contributed by atoms with Crippen molar-refractivity contribution in [2.24, 2.45) is 0 Å². The number of Topliss-reactive ketones (excluding diaryl/α,β-unsaturated/α-hetero) is 1. The van der Waals surface area contributed by atoms with E-state index in [9.17, 15) is 4.79 Å². The number of ether oxygens (including phenoxy) is 1. The van der Waals surface area contributed by atoms with Gasteiger partial charge in [0.1, 0.15) is 5.75 Å². The quantitative estimate of drug-likeness (QED) is 0.608. The maximum Gasteiger partial charge on any atom is 0.159 e. The molecule has 0 aliphatic carbocycles. The van der Waals surface area contributed by atoms with Crippen LogP contribution >= 0.6 is 0 Å². The van der Waals surface area contributed by atoms with Gasteiger partial charge in [-0.2, -0.15) is 0 Å². The van der Waals surface area contributed by atoms with Gasteiger partial charge in [-0.25, -0.2) is 0 Å². The monoisotopic (exact) mass is 252 g/mol. The maximum absolute atomic E-state index is 10.9. The van der Waals surface area contributed by atoms with Crippen LogP contribution in [0.3, 0.4) is 0 Å². The Morgan fingerprint density at radius 2 is 1.92 bits per heavy atom. The smallest absolute Gasteiger partial charge is 0.159 e. The second kappa shape index (κ2) is 6.28. The average molecular weight is 252 g/mol. The molecule has 0 heterocycles. The van der Waals surface area contributed by atoms with Crippen molar-refractivity contribution in [2.75, 3.05) is 6.61 Å². The Hall–Kier alpha value is -0.206. The van der Waals surface area contributed by atoms with Crippen LogP contribution in [0.1, 0.15) is 17.3 Å². The van der Waals surface area contributed by atoms with Crippen LogP contribution in [0.2, 0.25) is 0 Å². The topological polar surface area (TPSA) is 26.3 Å². The summed E-state index contributed by atoms with van der Waals surface area (Å²) >= 11 is 0. The van der Waals surface area contributed by atoms with E-state index in [0.29, 0.717) is 12.2 Å². The summed E-state index contributed by atoms with van der Waals surface area (Å²) in [5.41, 5.74) is 0.700. The first-order chi connectivity index (χ1) is 5.74. The first kappa shape index (κ1) is 12.8. The average Bonchev–Trinajstić information content (AvgIpc) is 2.06. The maximum atomic E-state index is 10.9. The molecule has 2 nitrogen and oxygen atoms in total. The predicted octanol–water partition coefficient (Wildman–Crippen LogP) is 2.10. The Kier molecular flexibility index (Phi) is 6.18. The zero-order valence-corrected chi connectivity index (χ0v) is 10.5. The second-order valence-electron chi connectivity index (χ2n) is 2.43. The molecule has 0 unspecified atom stereocenters. The van der Waals surface area contributed by atoms with Crippen molar-refractivity contribution >= 4 is 5.78 Å². The van der Waals surface area contributed by atoms with Gasteiger partial charge in [0.2, 0.25) is 0 Å². The van der Waals surface area contributed by atoms with E-state index >= 15 is 0 Å². The van der Waals surface area contributed by atoms with Gasteiger partial charge in [-0.3, -0.25) is 4.79 Å². The standard InChI is InChI=1S/C10H11O2.Y/c1-3-12-10-6-4-9(5-7-10)8(2)11;/h4-7H,1,3H2,2H3;/q-1;. The van der Waals surface area contributed by atoms with Gasteiger partial charge in [0.15, 0.2) is 5.78 Å². The van der Waals surface area contributed by atoms with Crippen LogP contribution in [0.5, 0.6) is 5.75 Å². The minimum Gasteiger partial charge on any atom is -0.525 e. The van der Waals surface area contributed by atoms with E-state index in [4.69, 9.17) is 4.74 Å². The van der Waals surface area contributed by atoms with Gasteiger partial charge in [0.25, 0.3) is 0 Å². The van der Waals surface area contributed by atoms with E-state index in [-0.39, 0.29) is 38.5 Å². The molecule has 1 aromatic rings. The van der Waals surface area contributed by atoms with Gasteiger partial charge in [0, 0.05) is 38.3 Å². The molecule has 1 radical (unpaired) electrons. The number of ketones is 1. The van der Waals surface area contributed by atoms with Crippen LogP contribution in [0.15, 0.2) is 24.3 Å². The molecule has 1 rings (SSSR count). The number of rotatable bonds is 3. The number of hydrogen-bond donors (Lipinski definition) is 0. The zero-order valence-electron chi connectivity index (χ0n) is 7.62. The molecule has 0 bridgehead atoms. The summed E-state index contributed by atoms with van der Waals surface area (Å²) in [5.74, 6) is 0.811. The van der Waals surface area contributed by atoms with Crippen LogP contribution in [0, 0.1) is 6.92 Å². The Morgan fingerprint density at radius 3 is 2.31 bits per heavy atom. The van der Waals surface area contributed by atoms with E-state index in [1.165, 1.54) is 6.92 Å². The summed E-state index contributed by atoms with van der Waals surface area (Å²) in [6, 6.07) is 7.02. The van der Waals surface area contributed by atoms with Gasteiger partial charge in [-0.05, 0) is 37.8 Å². The summed E-state index contributed by atoms with van der Waals surface area (Å²) in [5, 5.41) is 0. The summed E-state index contributed by atoms with van der Waals surface area (Å²) in [4.78, 5) is 10.9. The van der Waals surface area contributed by atoms with Crippen LogP contribution < -0.4 is 4.74 Å². The Morgan fingerprint density at radius 1 is 1.38 bits per heavy atom. The second-order valence-corrected chi connectivity index (χ2v) is 2.43. The molecule has 0 atom stereocenters. The zero-order chi connectivity index (χ0) is 8.97. The molecule has 0 amide bonds. The molecule has 3 heteroatoms. The molecule has 0 aliphatic heterocycles. The summed E-state index contributed by atoms with van der Waals surface area (Å²) in [6.45, 7) is 5.49. The number of hydrogen-bond acceptors (Lipinski definition) is 2. The molecule has 13 heavy (non-hydrogen) atoms. The summed E-state index contributed by atoms with van der Waals surface area (Å²) in [7, 11) is 0. The van der Waals surface area contributed by atoms with Crippen LogP contribution in [-0.2, 0) is 32.7 Å². The third-order valence-corrected chi connectivity index (χ3v) is 1.53. The van der Waals surface area contributed by atoms with E-state index in [1.54, 1.807) is 24.3 Å². The molecule has 0 aromatic heterocycles. The van der Waals surface area contributed by atoms with Gasteiger partial charge >= 0.3 is 0 Å². The molecular weight excluding hydrogens is 241 g/mol. The Balaban J connectivity index is 0.00000144. The third-order valence-electron chi connectivity index (χ3n) is 1.53. The Bertz CT molecular complexity index is 267. The minimum atomic E-state index is 0. The van der Waals surface area contributed by atoms with E-state index in [2.05, 4.69) is 6.92 Å². The van der Waals surface area contributed by atoms with Crippen molar-refractivity contribution in [1.82, 2.24) is 0 Å². The molecule has 0 saturated heterocycles. The van der Waals surface area contributed by atoms with E-state index in [1.807, 2.05) is 0 Å². The van der Waals surface area contributed by atoms with Crippen LogP contribution in [0.4, 0.5) is 0 Å². The molecule has 1 aromatic carbocycles. The van der Waals surface area contributed by atoms with Crippen molar-refractivity contribution in [1.29, 1.82) is 0 Å². The van der Waals surface area contributed by atoms with E-state index < -0.39 is 0 Å². The largest absolute Gasteiger partial charge is 0.525 e. The fourth-order valence-corrected chi connectivity index (χ4v) is 0.904.